The number of sulfonamides is 1. The third-order valence-corrected chi connectivity index (χ3v) is 8.09. The molecule has 2 heterocycles. The van der Waals surface area contributed by atoms with Crippen molar-refractivity contribution in [3.05, 3.63) is 71.3 Å². The van der Waals surface area contributed by atoms with Gasteiger partial charge in [-0.15, -0.1) is 0 Å². The number of amides is 1. The molecule has 2 N–H and O–H groups in total. The summed E-state index contributed by atoms with van der Waals surface area (Å²) < 4.78 is 30.0. The van der Waals surface area contributed by atoms with Gasteiger partial charge in [0, 0.05) is 30.4 Å². The van der Waals surface area contributed by atoms with Gasteiger partial charge in [-0.05, 0) is 54.9 Å². The van der Waals surface area contributed by atoms with Crippen molar-refractivity contribution in [2.45, 2.75) is 31.6 Å². The Morgan fingerprint density at radius 2 is 1.77 bits per heavy atom. The molecule has 0 saturated carbocycles. The number of carbonyl (C=O) groups is 1. The van der Waals surface area contributed by atoms with Crippen LogP contribution in [-0.2, 0) is 14.8 Å². The van der Waals surface area contributed by atoms with E-state index < -0.39 is 15.9 Å². The quantitative estimate of drug-likeness (QED) is 0.431. The lowest BCUT2D eigenvalue weighted by Gasteiger charge is -2.21. The molecule has 0 atom stereocenters. The maximum Gasteiger partial charge on any atom is 0.286 e. The Balaban J connectivity index is 1.81. The molecule has 1 amide bonds. The van der Waals surface area contributed by atoms with Crippen molar-refractivity contribution in [2.24, 2.45) is 10.7 Å². The van der Waals surface area contributed by atoms with E-state index in [9.17, 15) is 13.2 Å². The highest BCUT2D eigenvalue weighted by atomic mass is 32.2. The van der Waals surface area contributed by atoms with Gasteiger partial charge in [0.15, 0.2) is 5.17 Å². The van der Waals surface area contributed by atoms with Crippen LogP contribution in [0.5, 0.6) is 0 Å². The van der Waals surface area contributed by atoms with Gasteiger partial charge in [-0.3, -0.25) is 4.79 Å². The molecule has 0 saturated heterocycles. The predicted octanol–water partition coefficient (Wildman–Crippen LogP) is 4.28. The first kappa shape index (κ1) is 24.9. The molecule has 0 bridgehead atoms. The standard InChI is InChI=1S/C25H27N5O3S2/c1-3-13-29(14-4-2)35(32,33)21-12-8-9-18(15-21)23-19(16-22-24(31)27-25(26)34-22)17-30(28-23)20-10-6-5-7-11-20/h5-12,15-17H,3-4,13-14H2,1-2H3,(H2,26,27,31). The van der Waals surface area contributed by atoms with Gasteiger partial charge in [0.25, 0.3) is 5.91 Å². The van der Waals surface area contributed by atoms with E-state index in [4.69, 9.17) is 10.8 Å². The second kappa shape index (κ2) is 10.6. The molecule has 182 valence electrons. The first-order chi connectivity index (χ1) is 16.8. The number of carbonyl (C=O) groups excluding carboxylic acids is 1. The Bertz CT molecular complexity index is 1390. The smallest absolute Gasteiger partial charge is 0.286 e. The van der Waals surface area contributed by atoms with Crippen LogP contribution in [-0.4, -0.2) is 46.7 Å². The van der Waals surface area contributed by atoms with E-state index in [1.165, 1.54) is 4.31 Å². The minimum Gasteiger partial charge on any atom is -0.378 e. The molecule has 1 aliphatic heterocycles. The van der Waals surface area contributed by atoms with Crippen molar-refractivity contribution in [3.8, 4) is 16.9 Å². The summed E-state index contributed by atoms with van der Waals surface area (Å²) in [7, 11) is -3.66. The summed E-state index contributed by atoms with van der Waals surface area (Å²) in [5, 5.41) is 4.94. The van der Waals surface area contributed by atoms with Gasteiger partial charge >= 0.3 is 0 Å². The van der Waals surface area contributed by atoms with Gasteiger partial charge in [0.1, 0.15) is 5.69 Å². The van der Waals surface area contributed by atoms with Crippen LogP contribution in [0.15, 0.2) is 75.6 Å². The van der Waals surface area contributed by atoms with Crippen molar-refractivity contribution in [1.29, 1.82) is 0 Å². The molecule has 10 heteroatoms. The monoisotopic (exact) mass is 509 g/mol. The van der Waals surface area contributed by atoms with Crippen molar-refractivity contribution in [2.75, 3.05) is 13.1 Å². The summed E-state index contributed by atoms with van der Waals surface area (Å²) in [6.07, 6.45) is 4.96. The van der Waals surface area contributed by atoms with E-state index in [2.05, 4.69) is 4.99 Å². The molecule has 0 spiro atoms. The van der Waals surface area contributed by atoms with E-state index in [1.807, 2.05) is 56.4 Å². The molecule has 0 aliphatic carbocycles. The van der Waals surface area contributed by atoms with Crippen LogP contribution in [0.3, 0.4) is 0 Å². The lowest BCUT2D eigenvalue weighted by molar-refractivity contribution is -0.113. The number of para-hydroxylation sites is 1. The summed E-state index contributed by atoms with van der Waals surface area (Å²) in [5.41, 5.74) is 8.39. The highest BCUT2D eigenvalue weighted by Crippen LogP contribution is 2.32. The molecule has 0 fully saturated rings. The fraction of sp³-hybridized carbons (Fsp3) is 0.240. The Kier molecular flexibility index (Phi) is 7.54. The minimum absolute atomic E-state index is 0.193. The molecule has 0 radical (unpaired) electrons. The summed E-state index contributed by atoms with van der Waals surface area (Å²) in [6.45, 7) is 4.84. The van der Waals surface area contributed by atoms with Crippen LogP contribution in [0.1, 0.15) is 32.3 Å². The molecule has 4 rings (SSSR count). The van der Waals surface area contributed by atoms with Crippen LogP contribution in [0, 0.1) is 0 Å². The highest BCUT2D eigenvalue weighted by Gasteiger charge is 2.25. The summed E-state index contributed by atoms with van der Waals surface area (Å²) in [5.74, 6) is -0.406. The largest absolute Gasteiger partial charge is 0.378 e. The molecular formula is C25H27N5O3S2. The van der Waals surface area contributed by atoms with Crippen molar-refractivity contribution >= 4 is 38.9 Å². The zero-order valence-corrected chi connectivity index (χ0v) is 21.2. The number of hydrogen-bond donors (Lipinski definition) is 1. The number of aromatic nitrogens is 2. The first-order valence-electron chi connectivity index (χ1n) is 11.4. The Morgan fingerprint density at radius 3 is 2.40 bits per heavy atom. The number of aliphatic imine (C=N–C) groups is 1. The van der Waals surface area contributed by atoms with Gasteiger partial charge in [0.05, 0.1) is 15.5 Å². The molecule has 0 unspecified atom stereocenters. The number of hydrogen-bond acceptors (Lipinski definition) is 6. The van der Waals surface area contributed by atoms with E-state index in [1.54, 1.807) is 29.0 Å². The number of rotatable bonds is 9. The maximum atomic E-state index is 13.4. The topological polar surface area (TPSA) is 111 Å². The molecule has 3 aromatic rings. The number of nitrogens with two attached hydrogens (primary N) is 1. The van der Waals surface area contributed by atoms with Crippen LogP contribution in [0.4, 0.5) is 0 Å². The zero-order valence-electron chi connectivity index (χ0n) is 19.6. The third-order valence-electron chi connectivity index (χ3n) is 5.38. The van der Waals surface area contributed by atoms with Crippen molar-refractivity contribution in [1.82, 2.24) is 14.1 Å². The second-order valence-corrected chi connectivity index (χ2v) is 11.0. The number of benzene rings is 2. The average Bonchev–Trinajstić information content (AvgIpc) is 3.42. The number of nitrogens with zero attached hydrogens (tertiary/aromatic N) is 4. The number of thioether (sulfide) groups is 1. The Hall–Kier alpha value is -3.21. The van der Waals surface area contributed by atoms with Crippen molar-refractivity contribution < 1.29 is 13.2 Å². The maximum absolute atomic E-state index is 13.4. The second-order valence-electron chi connectivity index (χ2n) is 8.01. The van der Waals surface area contributed by atoms with Crippen LogP contribution in [0.2, 0.25) is 0 Å². The minimum atomic E-state index is -3.66. The normalized spacial score (nSPS) is 15.2. The summed E-state index contributed by atoms with van der Waals surface area (Å²) in [6, 6.07) is 16.3. The van der Waals surface area contributed by atoms with E-state index in [-0.39, 0.29) is 10.1 Å². The van der Waals surface area contributed by atoms with Gasteiger partial charge < -0.3 is 5.73 Å². The predicted molar refractivity (Wildman–Crippen MR) is 141 cm³/mol. The van der Waals surface area contributed by atoms with Gasteiger partial charge in [-0.1, -0.05) is 44.2 Å². The average molecular weight is 510 g/mol. The lowest BCUT2D eigenvalue weighted by Crippen LogP contribution is -2.32. The molecule has 1 aromatic heterocycles. The van der Waals surface area contributed by atoms with E-state index in [0.29, 0.717) is 34.8 Å². The summed E-state index contributed by atoms with van der Waals surface area (Å²) >= 11 is 1.10. The van der Waals surface area contributed by atoms with Crippen LogP contribution >= 0.6 is 11.8 Å². The van der Waals surface area contributed by atoms with Crippen molar-refractivity contribution in [3.63, 3.8) is 0 Å². The fourth-order valence-corrected chi connectivity index (χ4v) is 6.14. The summed E-state index contributed by atoms with van der Waals surface area (Å²) in [4.78, 5) is 16.6. The van der Waals surface area contributed by atoms with Crippen LogP contribution in [0.25, 0.3) is 23.0 Å². The first-order valence-corrected chi connectivity index (χ1v) is 13.6. The SMILES string of the molecule is CCCN(CCC)S(=O)(=O)c1cccc(-c2nn(-c3ccccc3)cc2C=C2SC(N)=NC2=O)c1. The fourth-order valence-electron chi connectivity index (χ4n) is 3.80. The lowest BCUT2D eigenvalue weighted by atomic mass is 10.1. The van der Waals surface area contributed by atoms with Crippen LogP contribution < -0.4 is 5.73 Å². The molecule has 8 nitrogen and oxygen atoms in total. The third kappa shape index (κ3) is 5.39. The highest BCUT2D eigenvalue weighted by molar-refractivity contribution is 8.18. The van der Waals surface area contributed by atoms with E-state index in [0.717, 1.165) is 30.3 Å². The molecule has 35 heavy (non-hydrogen) atoms. The van der Waals surface area contributed by atoms with Gasteiger partial charge in [-0.2, -0.15) is 14.4 Å². The number of amidine groups is 1. The molecule has 2 aromatic carbocycles. The molecular weight excluding hydrogens is 482 g/mol. The molecule has 1 aliphatic rings. The zero-order chi connectivity index (χ0) is 25.0. The van der Waals surface area contributed by atoms with Gasteiger partial charge in [-0.25, -0.2) is 13.1 Å². The Morgan fingerprint density at radius 1 is 1.06 bits per heavy atom. The van der Waals surface area contributed by atoms with E-state index >= 15 is 0 Å². The Labute approximate surface area is 209 Å². The van der Waals surface area contributed by atoms with Gasteiger partial charge in [0.2, 0.25) is 10.0 Å².